The second kappa shape index (κ2) is 17.6. The van der Waals surface area contributed by atoms with Gasteiger partial charge in [-0.1, -0.05) is 6.07 Å². The molecule has 5 rings (SSSR count). The van der Waals surface area contributed by atoms with Crippen LogP contribution in [0.3, 0.4) is 0 Å². The van der Waals surface area contributed by atoms with Crippen LogP contribution in [0.25, 0.3) is 0 Å². The maximum atomic E-state index is 13.0. The normalized spacial score (nSPS) is 24.7. The first kappa shape index (κ1) is 37.0. The molecule has 3 N–H and O–H groups in total. The number of hydrogen-bond donors (Lipinski definition) is 3. The van der Waals surface area contributed by atoms with Gasteiger partial charge in [0, 0.05) is 58.3 Å². The standard InChI is InChI=1S/C34H48N4O12/c1-22(31(41)44-2)37-29(39)11-9-24-17-26(48-33(43)36-19-23-8-10-27-28(16-23)47-21-46-27)18-34(49-24)12-3-6-25(50-34)20-45-32(42)35-13-5-15-38-14-4-7-30(38)40/h8,10,16,22,24-26H,3-7,9,11-15,17-21H2,1-2H3,(H,35,42)(H,36,43)(H,37,39)/t22-,24+,25+,26+,34-/m0/s1. The molecule has 1 aromatic rings. The highest BCUT2D eigenvalue weighted by Gasteiger charge is 2.47. The second-order valence-corrected chi connectivity index (χ2v) is 13.0. The van der Waals surface area contributed by atoms with Crippen LogP contribution in [-0.2, 0) is 44.6 Å². The molecule has 4 amide bonds. The van der Waals surface area contributed by atoms with Crippen LogP contribution in [0.1, 0.15) is 76.7 Å². The molecule has 3 fully saturated rings. The third-order valence-corrected chi connectivity index (χ3v) is 9.13. The quantitative estimate of drug-likeness (QED) is 0.146. The van der Waals surface area contributed by atoms with Crippen molar-refractivity contribution in [3.63, 3.8) is 0 Å². The topological polar surface area (TPSA) is 189 Å². The number of nitrogens with one attached hydrogen (secondary N) is 3. The maximum Gasteiger partial charge on any atom is 0.407 e. The first-order valence-electron chi connectivity index (χ1n) is 17.4. The summed E-state index contributed by atoms with van der Waals surface area (Å²) in [7, 11) is 1.25. The molecule has 4 aliphatic rings. The van der Waals surface area contributed by atoms with Gasteiger partial charge in [-0.05, 0) is 56.7 Å². The average Bonchev–Trinajstić information content (AvgIpc) is 3.75. The van der Waals surface area contributed by atoms with E-state index in [1.165, 1.54) is 14.0 Å². The van der Waals surface area contributed by atoms with E-state index in [1.807, 2.05) is 6.07 Å². The molecular weight excluding hydrogens is 656 g/mol. The summed E-state index contributed by atoms with van der Waals surface area (Å²) in [4.78, 5) is 63.3. The Morgan fingerprint density at radius 3 is 2.68 bits per heavy atom. The van der Waals surface area contributed by atoms with Crippen LogP contribution in [0, 0.1) is 0 Å². The van der Waals surface area contributed by atoms with Gasteiger partial charge in [0.15, 0.2) is 17.3 Å². The van der Waals surface area contributed by atoms with Gasteiger partial charge >= 0.3 is 18.2 Å². The van der Waals surface area contributed by atoms with Gasteiger partial charge in [0.05, 0.1) is 19.3 Å². The molecule has 16 nitrogen and oxygen atoms in total. The first-order chi connectivity index (χ1) is 24.1. The lowest BCUT2D eigenvalue weighted by Crippen LogP contribution is -2.53. The number of carbonyl (C=O) groups is 5. The Morgan fingerprint density at radius 1 is 1.06 bits per heavy atom. The highest BCUT2D eigenvalue weighted by atomic mass is 16.7. The van der Waals surface area contributed by atoms with E-state index < -0.39 is 48.3 Å². The van der Waals surface area contributed by atoms with E-state index in [1.54, 1.807) is 17.0 Å². The van der Waals surface area contributed by atoms with Crippen molar-refractivity contribution in [2.24, 2.45) is 0 Å². The summed E-state index contributed by atoms with van der Waals surface area (Å²) in [5.74, 6) is -0.619. The second-order valence-electron chi connectivity index (χ2n) is 13.0. The molecule has 0 aromatic heterocycles. The summed E-state index contributed by atoms with van der Waals surface area (Å²) in [5.41, 5.74) is 0.809. The van der Waals surface area contributed by atoms with Crippen molar-refractivity contribution >= 4 is 30.0 Å². The van der Waals surface area contributed by atoms with Crippen molar-refractivity contribution in [3.8, 4) is 11.5 Å². The van der Waals surface area contributed by atoms with E-state index in [9.17, 15) is 24.0 Å². The number of carbonyl (C=O) groups excluding carboxylic acids is 5. The zero-order valence-electron chi connectivity index (χ0n) is 28.7. The van der Waals surface area contributed by atoms with E-state index in [0.29, 0.717) is 63.1 Å². The Hall–Kier alpha value is -4.31. The van der Waals surface area contributed by atoms with Crippen LogP contribution in [0.15, 0.2) is 18.2 Å². The van der Waals surface area contributed by atoms with E-state index in [4.69, 9.17) is 28.4 Å². The lowest BCUT2D eigenvalue weighted by molar-refractivity contribution is -0.329. The molecule has 0 aliphatic carbocycles. The molecule has 0 bridgehead atoms. The predicted octanol–water partition coefficient (Wildman–Crippen LogP) is 2.65. The third kappa shape index (κ3) is 10.6. The first-order valence-corrected chi connectivity index (χ1v) is 17.4. The molecule has 3 saturated heterocycles. The number of likely N-dealkylation sites (tertiary alicyclic amines) is 1. The zero-order chi connectivity index (χ0) is 35.5. The lowest BCUT2D eigenvalue weighted by atomic mass is 9.90. The average molecular weight is 705 g/mol. The summed E-state index contributed by atoms with van der Waals surface area (Å²) in [6.45, 7) is 3.63. The largest absolute Gasteiger partial charge is 0.467 e. The Kier molecular flexibility index (Phi) is 13.0. The van der Waals surface area contributed by atoms with Gasteiger partial charge in [-0.2, -0.15) is 0 Å². The molecular formula is C34H48N4O12. The van der Waals surface area contributed by atoms with Gasteiger partial charge in [-0.3, -0.25) is 9.59 Å². The van der Waals surface area contributed by atoms with Gasteiger partial charge in [0.25, 0.3) is 0 Å². The fraction of sp³-hybridized carbons (Fsp3) is 0.676. The van der Waals surface area contributed by atoms with Gasteiger partial charge < -0.3 is 54.0 Å². The molecule has 0 unspecified atom stereocenters. The number of hydrogen-bond acceptors (Lipinski definition) is 12. The van der Waals surface area contributed by atoms with E-state index >= 15 is 0 Å². The zero-order valence-corrected chi connectivity index (χ0v) is 28.7. The Balaban J connectivity index is 1.13. The monoisotopic (exact) mass is 704 g/mol. The minimum Gasteiger partial charge on any atom is -0.467 e. The number of benzene rings is 1. The predicted molar refractivity (Wildman–Crippen MR) is 174 cm³/mol. The highest BCUT2D eigenvalue weighted by Crippen LogP contribution is 2.41. The number of fused-ring (bicyclic) bond motifs is 1. The van der Waals surface area contributed by atoms with Crippen molar-refractivity contribution < 1.29 is 57.1 Å². The van der Waals surface area contributed by atoms with Crippen molar-refractivity contribution in [3.05, 3.63) is 23.8 Å². The number of methoxy groups -OCH3 is 1. The number of ether oxygens (including phenoxy) is 7. The molecule has 50 heavy (non-hydrogen) atoms. The van der Waals surface area contributed by atoms with Crippen LogP contribution in [0.4, 0.5) is 9.59 Å². The summed E-state index contributed by atoms with van der Waals surface area (Å²) in [6.07, 6.45) is 2.14. The number of nitrogens with zero attached hydrogens (tertiary/aromatic N) is 1. The Bertz CT molecular complexity index is 1380. The molecule has 1 aromatic carbocycles. The SMILES string of the molecule is COC(=O)[C@H](C)NC(=O)CC[C@@H]1C[C@@H](OC(=O)NCc2ccc3c(c2)OCO3)C[C@@]2(CCC[C@H](COC(=O)NCCCN3CCCC3=O)O2)O1. The van der Waals surface area contributed by atoms with Gasteiger partial charge in [-0.15, -0.1) is 0 Å². The summed E-state index contributed by atoms with van der Waals surface area (Å²) in [6, 6.07) is 4.60. The molecule has 4 aliphatic heterocycles. The summed E-state index contributed by atoms with van der Waals surface area (Å²) in [5, 5.41) is 8.12. The molecule has 0 radical (unpaired) electrons. The minimum atomic E-state index is -1.12. The number of esters is 1. The van der Waals surface area contributed by atoms with Gasteiger partial charge in [0.2, 0.25) is 18.6 Å². The summed E-state index contributed by atoms with van der Waals surface area (Å²) >= 11 is 0. The Morgan fingerprint density at radius 2 is 1.88 bits per heavy atom. The fourth-order valence-corrected chi connectivity index (χ4v) is 6.64. The minimum absolute atomic E-state index is 0.00157. The van der Waals surface area contributed by atoms with Crippen LogP contribution in [-0.4, -0.2) is 105 Å². The number of alkyl carbamates (subject to hydrolysis) is 2. The Labute approximate surface area is 291 Å². The molecule has 276 valence electrons. The van der Waals surface area contributed by atoms with Crippen molar-refractivity contribution in [2.75, 3.05) is 40.1 Å². The summed E-state index contributed by atoms with van der Waals surface area (Å²) < 4.78 is 39.7. The smallest absolute Gasteiger partial charge is 0.407 e. The molecule has 4 heterocycles. The maximum absolute atomic E-state index is 13.0. The van der Waals surface area contributed by atoms with Crippen molar-refractivity contribution in [1.29, 1.82) is 0 Å². The van der Waals surface area contributed by atoms with Gasteiger partial charge in [-0.25, -0.2) is 14.4 Å². The van der Waals surface area contributed by atoms with Crippen LogP contribution >= 0.6 is 0 Å². The van der Waals surface area contributed by atoms with Gasteiger partial charge in [0.1, 0.15) is 18.8 Å². The third-order valence-electron chi connectivity index (χ3n) is 9.13. The van der Waals surface area contributed by atoms with E-state index in [0.717, 1.165) is 18.5 Å². The molecule has 5 atom stereocenters. The van der Waals surface area contributed by atoms with E-state index in [-0.39, 0.29) is 51.0 Å². The van der Waals surface area contributed by atoms with Crippen LogP contribution in [0.2, 0.25) is 0 Å². The number of rotatable bonds is 14. The fourth-order valence-electron chi connectivity index (χ4n) is 6.64. The molecule has 0 saturated carbocycles. The van der Waals surface area contributed by atoms with E-state index in [2.05, 4.69) is 20.7 Å². The molecule has 1 spiro atoms. The van der Waals surface area contributed by atoms with Crippen LogP contribution in [0.5, 0.6) is 11.5 Å². The highest BCUT2D eigenvalue weighted by molar-refractivity contribution is 5.84. The van der Waals surface area contributed by atoms with Crippen LogP contribution < -0.4 is 25.4 Å². The lowest BCUT2D eigenvalue weighted by Gasteiger charge is -2.47. The van der Waals surface area contributed by atoms with Crippen molar-refractivity contribution in [1.82, 2.24) is 20.9 Å². The molecule has 16 heteroatoms. The number of amides is 4. The van der Waals surface area contributed by atoms with Crippen molar-refractivity contribution in [2.45, 2.75) is 108 Å².